The van der Waals surface area contributed by atoms with Gasteiger partial charge < -0.3 is 5.73 Å². The van der Waals surface area contributed by atoms with E-state index in [0.29, 0.717) is 5.92 Å². The summed E-state index contributed by atoms with van der Waals surface area (Å²) in [7, 11) is 0. The number of halogens is 1. The van der Waals surface area contributed by atoms with Gasteiger partial charge in [0.1, 0.15) is 0 Å². The van der Waals surface area contributed by atoms with E-state index in [1.54, 1.807) is 22.6 Å². The average Bonchev–Trinajstić information content (AvgIpc) is 1.84. The molecule has 0 aromatic heterocycles. The smallest absolute Gasteiger partial charge is 0.209 e. The fourth-order valence-electron chi connectivity index (χ4n) is 0.478. The Bertz CT molecular complexity index is 105. The molecule has 0 aliphatic carbocycles. The predicted molar refractivity (Wildman–Crippen MR) is 46.5 cm³/mol. The van der Waals surface area contributed by atoms with Crippen LogP contribution in [0.5, 0.6) is 0 Å². The maximum Gasteiger partial charge on any atom is 0.209 e. The standard InChI is InChI=1S/C6H12INO/c1-3-4(2)5(8)6(7)9/h4-5H,3,8H2,1-2H3/t4-,5-/m0/s1. The molecule has 2 nitrogen and oxygen atoms in total. The highest BCUT2D eigenvalue weighted by Gasteiger charge is 2.15. The van der Waals surface area contributed by atoms with Gasteiger partial charge >= 0.3 is 0 Å². The summed E-state index contributed by atoms with van der Waals surface area (Å²) in [5, 5.41) is 0. The van der Waals surface area contributed by atoms with E-state index in [-0.39, 0.29) is 9.83 Å². The lowest BCUT2D eigenvalue weighted by Crippen LogP contribution is -2.33. The van der Waals surface area contributed by atoms with Gasteiger partial charge in [0.2, 0.25) is 3.79 Å². The van der Waals surface area contributed by atoms with E-state index in [4.69, 9.17) is 5.73 Å². The number of carbonyl (C=O) groups excluding carboxylic acids is 1. The summed E-state index contributed by atoms with van der Waals surface area (Å²) < 4.78 is 0.0574. The van der Waals surface area contributed by atoms with Gasteiger partial charge in [0.15, 0.2) is 0 Å². The van der Waals surface area contributed by atoms with Gasteiger partial charge in [0.05, 0.1) is 6.04 Å². The molecule has 0 aliphatic rings. The molecule has 2 atom stereocenters. The van der Waals surface area contributed by atoms with Gasteiger partial charge in [-0.25, -0.2) is 0 Å². The van der Waals surface area contributed by atoms with E-state index in [1.807, 2.05) is 13.8 Å². The lowest BCUT2D eigenvalue weighted by atomic mass is 10.0. The first-order chi connectivity index (χ1) is 4.09. The van der Waals surface area contributed by atoms with Crippen LogP contribution in [-0.2, 0) is 4.79 Å². The number of nitrogens with two attached hydrogens (primary N) is 1. The molecule has 0 saturated heterocycles. The molecular formula is C6H12INO. The van der Waals surface area contributed by atoms with Crippen LogP contribution in [-0.4, -0.2) is 9.83 Å². The molecule has 54 valence electrons. The number of rotatable bonds is 3. The van der Waals surface area contributed by atoms with Crippen LogP contribution in [0.25, 0.3) is 0 Å². The summed E-state index contributed by atoms with van der Waals surface area (Å²) in [5.74, 6) is 0.314. The zero-order chi connectivity index (χ0) is 7.44. The van der Waals surface area contributed by atoms with Gasteiger partial charge in [-0.15, -0.1) is 0 Å². The minimum atomic E-state index is -0.268. The first-order valence-electron chi connectivity index (χ1n) is 3.04. The van der Waals surface area contributed by atoms with Crippen molar-refractivity contribution < 1.29 is 4.79 Å². The van der Waals surface area contributed by atoms with Gasteiger partial charge in [-0.3, -0.25) is 4.79 Å². The molecule has 3 heteroatoms. The van der Waals surface area contributed by atoms with E-state index < -0.39 is 0 Å². The van der Waals surface area contributed by atoms with Crippen molar-refractivity contribution in [2.45, 2.75) is 26.3 Å². The van der Waals surface area contributed by atoms with E-state index in [9.17, 15) is 4.79 Å². The Morgan fingerprint density at radius 3 is 2.33 bits per heavy atom. The quantitative estimate of drug-likeness (QED) is 0.598. The minimum absolute atomic E-state index is 0.0574. The summed E-state index contributed by atoms with van der Waals surface area (Å²) in [4.78, 5) is 10.6. The second kappa shape index (κ2) is 4.22. The molecule has 0 saturated carbocycles. The largest absolute Gasteiger partial charge is 0.321 e. The van der Waals surface area contributed by atoms with Crippen molar-refractivity contribution in [2.75, 3.05) is 0 Å². The van der Waals surface area contributed by atoms with Crippen LogP contribution in [0.15, 0.2) is 0 Å². The normalized spacial score (nSPS) is 16.9. The molecule has 0 aromatic rings. The zero-order valence-corrected chi connectivity index (χ0v) is 7.88. The molecule has 9 heavy (non-hydrogen) atoms. The van der Waals surface area contributed by atoms with Crippen molar-refractivity contribution >= 4 is 26.4 Å². The molecule has 0 rings (SSSR count). The van der Waals surface area contributed by atoms with Crippen molar-refractivity contribution in [1.29, 1.82) is 0 Å². The Balaban J connectivity index is 3.72. The minimum Gasteiger partial charge on any atom is -0.321 e. The first-order valence-corrected chi connectivity index (χ1v) is 4.12. The lowest BCUT2D eigenvalue weighted by molar-refractivity contribution is -0.111. The van der Waals surface area contributed by atoms with Crippen LogP contribution in [0.3, 0.4) is 0 Å². The van der Waals surface area contributed by atoms with Gasteiger partial charge in [0.25, 0.3) is 0 Å². The highest BCUT2D eigenvalue weighted by atomic mass is 127. The molecule has 0 radical (unpaired) electrons. The summed E-state index contributed by atoms with van der Waals surface area (Å²) in [6, 6.07) is -0.268. The molecule has 0 bridgehead atoms. The Labute approximate surface area is 69.3 Å². The van der Waals surface area contributed by atoms with E-state index in [0.717, 1.165) is 6.42 Å². The van der Waals surface area contributed by atoms with E-state index >= 15 is 0 Å². The second-order valence-electron chi connectivity index (χ2n) is 2.22. The molecule has 0 aromatic carbocycles. The third kappa shape index (κ3) is 3.15. The fourth-order valence-corrected chi connectivity index (χ4v) is 1.09. The molecule has 0 amide bonds. The summed E-state index contributed by atoms with van der Waals surface area (Å²) in [5.41, 5.74) is 5.51. The van der Waals surface area contributed by atoms with Gasteiger partial charge in [-0.1, -0.05) is 20.3 Å². The first kappa shape index (κ1) is 9.36. The van der Waals surface area contributed by atoms with Crippen molar-refractivity contribution in [3.63, 3.8) is 0 Å². The predicted octanol–water partition coefficient (Wildman–Crippen LogP) is 1.32. The Kier molecular flexibility index (Phi) is 4.39. The topological polar surface area (TPSA) is 43.1 Å². The van der Waals surface area contributed by atoms with E-state index in [1.165, 1.54) is 0 Å². The fraction of sp³-hybridized carbons (Fsp3) is 0.833. The van der Waals surface area contributed by atoms with Crippen molar-refractivity contribution in [3.05, 3.63) is 0 Å². The maximum absolute atomic E-state index is 10.6. The van der Waals surface area contributed by atoms with Gasteiger partial charge in [-0.05, 0) is 5.92 Å². The average molecular weight is 241 g/mol. The molecule has 2 N–H and O–H groups in total. The molecule has 0 unspecified atom stereocenters. The van der Waals surface area contributed by atoms with Crippen LogP contribution < -0.4 is 5.73 Å². The Morgan fingerprint density at radius 1 is 1.78 bits per heavy atom. The van der Waals surface area contributed by atoms with Gasteiger partial charge in [-0.2, -0.15) is 0 Å². The van der Waals surface area contributed by atoms with Crippen molar-refractivity contribution in [3.8, 4) is 0 Å². The monoisotopic (exact) mass is 241 g/mol. The van der Waals surface area contributed by atoms with Gasteiger partial charge in [0, 0.05) is 22.6 Å². The van der Waals surface area contributed by atoms with Crippen LogP contribution >= 0.6 is 22.6 Å². The lowest BCUT2D eigenvalue weighted by Gasteiger charge is -2.12. The second-order valence-corrected chi connectivity index (χ2v) is 3.28. The summed E-state index contributed by atoms with van der Waals surface area (Å²) >= 11 is 1.74. The molecular weight excluding hydrogens is 229 g/mol. The van der Waals surface area contributed by atoms with Crippen molar-refractivity contribution in [2.24, 2.45) is 11.7 Å². The Morgan fingerprint density at radius 2 is 2.22 bits per heavy atom. The summed E-state index contributed by atoms with van der Waals surface area (Å²) in [6.07, 6.45) is 0.968. The molecule has 0 aliphatic heterocycles. The highest BCUT2D eigenvalue weighted by molar-refractivity contribution is 14.1. The molecule has 0 heterocycles. The van der Waals surface area contributed by atoms with Crippen LogP contribution in [0.1, 0.15) is 20.3 Å². The molecule has 0 spiro atoms. The third-order valence-corrected chi connectivity index (χ3v) is 2.24. The zero-order valence-electron chi connectivity index (χ0n) is 5.73. The molecule has 0 fully saturated rings. The number of carbonyl (C=O) groups is 1. The highest BCUT2D eigenvalue weighted by Crippen LogP contribution is 2.08. The van der Waals surface area contributed by atoms with Crippen LogP contribution in [0, 0.1) is 5.92 Å². The van der Waals surface area contributed by atoms with Crippen LogP contribution in [0.2, 0.25) is 0 Å². The SMILES string of the molecule is CC[C@H](C)[C@H](N)C(=O)I. The maximum atomic E-state index is 10.6. The van der Waals surface area contributed by atoms with Crippen molar-refractivity contribution in [1.82, 2.24) is 0 Å². The van der Waals surface area contributed by atoms with Crippen LogP contribution in [0.4, 0.5) is 0 Å². The summed E-state index contributed by atoms with van der Waals surface area (Å²) in [6.45, 7) is 4.02. The number of hydrogen-bond donors (Lipinski definition) is 1. The third-order valence-electron chi connectivity index (χ3n) is 1.52. The Hall–Kier alpha value is 0.360. The number of hydrogen-bond acceptors (Lipinski definition) is 2. The van der Waals surface area contributed by atoms with E-state index in [2.05, 4.69) is 0 Å².